The first-order valence-corrected chi connectivity index (χ1v) is 7.00. The van der Waals surface area contributed by atoms with Gasteiger partial charge in [-0.2, -0.15) is 0 Å². The average Bonchev–Trinajstić information content (AvgIpc) is 3.05. The highest BCUT2D eigenvalue weighted by Gasteiger charge is 2.33. The molecular formula is C15H15FN2O4. The number of carbonyl (C=O) groups is 3. The van der Waals surface area contributed by atoms with E-state index in [-0.39, 0.29) is 30.1 Å². The molecule has 6 nitrogen and oxygen atoms in total. The largest absolute Gasteiger partial charge is 0.468 e. The molecule has 22 heavy (non-hydrogen) atoms. The summed E-state index contributed by atoms with van der Waals surface area (Å²) in [4.78, 5) is 38.1. The first-order chi connectivity index (χ1) is 10.5. The monoisotopic (exact) mass is 306 g/mol. The summed E-state index contributed by atoms with van der Waals surface area (Å²) < 4.78 is 18.8. The molecule has 2 heterocycles. The lowest BCUT2D eigenvalue weighted by Gasteiger charge is -2.16. The van der Waals surface area contributed by atoms with Crippen molar-refractivity contribution in [3.8, 4) is 0 Å². The molecule has 7 heteroatoms. The van der Waals surface area contributed by atoms with Crippen LogP contribution in [0.2, 0.25) is 0 Å². The average molecular weight is 306 g/mol. The molecule has 1 fully saturated rings. The Kier molecular flexibility index (Phi) is 3.56. The van der Waals surface area contributed by atoms with E-state index >= 15 is 0 Å². The van der Waals surface area contributed by atoms with E-state index in [4.69, 9.17) is 0 Å². The number of hydrogen-bond donors (Lipinski definition) is 0. The SMILES string of the molecule is COC(=O)CN1Cc2c(F)cc(N3CCCC3=O)cc2C1=O. The van der Waals surface area contributed by atoms with Gasteiger partial charge in [0.2, 0.25) is 5.91 Å². The van der Waals surface area contributed by atoms with E-state index in [0.717, 1.165) is 6.42 Å². The van der Waals surface area contributed by atoms with Crippen molar-refractivity contribution >= 4 is 23.5 Å². The van der Waals surface area contributed by atoms with Gasteiger partial charge in [0.1, 0.15) is 12.4 Å². The van der Waals surface area contributed by atoms with E-state index in [1.165, 1.54) is 29.0 Å². The number of methoxy groups -OCH3 is 1. The summed E-state index contributed by atoms with van der Waals surface area (Å²) in [6.07, 6.45) is 1.15. The molecule has 2 aliphatic heterocycles. The van der Waals surface area contributed by atoms with E-state index in [1.54, 1.807) is 0 Å². The minimum absolute atomic E-state index is 0.0311. The van der Waals surface area contributed by atoms with E-state index in [1.807, 2.05) is 0 Å². The third-order valence-corrected chi connectivity index (χ3v) is 3.98. The Morgan fingerprint density at radius 1 is 1.36 bits per heavy atom. The number of carbonyl (C=O) groups excluding carboxylic acids is 3. The summed E-state index contributed by atoms with van der Waals surface area (Å²) >= 11 is 0. The molecule has 116 valence electrons. The smallest absolute Gasteiger partial charge is 0.325 e. The van der Waals surface area contributed by atoms with Gasteiger partial charge in [0.25, 0.3) is 5.91 Å². The maximum atomic E-state index is 14.3. The molecule has 0 spiro atoms. The highest BCUT2D eigenvalue weighted by molar-refractivity contribution is 6.02. The van der Waals surface area contributed by atoms with Crippen molar-refractivity contribution in [2.75, 3.05) is 25.1 Å². The van der Waals surface area contributed by atoms with Gasteiger partial charge in [-0.05, 0) is 18.6 Å². The fourth-order valence-electron chi connectivity index (χ4n) is 2.83. The van der Waals surface area contributed by atoms with Gasteiger partial charge in [-0.15, -0.1) is 0 Å². The lowest BCUT2D eigenvalue weighted by molar-refractivity contribution is -0.141. The van der Waals surface area contributed by atoms with Crippen LogP contribution >= 0.6 is 0 Å². The van der Waals surface area contributed by atoms with Crippen LogP contribution in [0.15, 0.2) is 12.1 Å². The number of benzene rings is 1. The molecular weight excluding hydrogens is 291 g/mol. The number of hydrogen-bond acceptors (Lipinski definition) is 4. The van der Waals surface area contributed by atoms with Gasteiger partial charge in [-0.25, -0.2) is 4.39 Å². The number of halogens is 1. The van der Waals surface area contributed by atoms with Crippen LogP contribution in [0.4, 0.5) is 10.1 Å². The summed E-state index contributed by atoms with van der Waals surface area (Å²) in [5.74, 6) is -1.59. The first-order valence-electron chi connectivity index (χ1n) is 7.00. The highest BCUT2D eigenvalue weighted by atomic mass is 19.1. The lowest BCUT2D eigenvalue weighted by Crippen LogP contribution is -2.30. The third kappa shape index (κ3) is 2.32. The Bertz CT molecular complexity index is 674. The molecule has 3 rings (SSSR count). The Morgan fingerprint density at radius 2 is 2.14 bits per heavy atom. The molecule has 0 saturated carbocycles. The van der Waals surface area contributed by atoms with Crippen LogP contribution in [0.3, 0.4) is 0 Å². The molecule has 0 radical (unpaired) electrons. The predicted molar refractivity (Wildman–Crippen MR) is 74.7 cm³/mol. The van der Waals surface area contributed by atoms with Crippen molar-refractivity contribution < 1.29 is 23.5 Å². The summed E-state index contributed by atoms with van der Waals surface area (Å²) in [6, 6.07) is 2.80. The molecule has 1 saturated heterocycles. The predicted octanol–water partition coefficient (Wildman–Crippen LogP) is 1.08. The minimum atomic E-state index is -0.559. The number of esters is 1. The van der Waals surface area contributed by atoms with Crippen LogP contribution in [0, 0.1) is 5.82 Å². The maximum Gasteiger partial charge on any atom is 0.325 e. The summed E-state index contributed by atoms with van der Waals surface area (Å²) in [7, 11) is 1.23. The van der Waals surface area contributed by atoms with E-state index < -0.39 is 17.7 Å². The molecule has 2 amide bonds. The van der Waals surface area contributed by atoms with Gasteiger partial charge in [-0.1, -0.05) is 0 Å². The van der Waals surface area contributed by atoms with Crippen LogP contribution in [0.25, 0.3) is 0 Å². The van der Waals surface area contributed by atoms with Crippen molar-refractivity contribution in [3.05, 3.63) is 29.1 Å². The summed E-state index contributed by atoms with van der Waals surface area (Å²) in [5, 5.41) is 0. The molecule has 0 N–H and O–H groups in total. The standard InChI is InChI=1S/C15H15FN2O4/c1-22-14(20)8-17-7-11-10(15(17)21)5-9(6-12(11)16)18-4-2-3-13(18)19/h5-6H,2-4,7-8H2,1H3. The van der Waals surface area contributed by atoms with Crippen molar-refractivity contribution in [1.29, 1.82) is 0 Å². The number of fused-ring (bicyclic) bond motifs is 1. The molecule has 0 unspecified atom stereocenters. The zero-order valence-corrected chi connectivity index (χ0v) is 12.1. The zero-order valence-electron chi connectivity index (χ0n) is 12.1. The molecule has 0 aliphatic carbocycles. The minimum Gasteiger partial charge on any atom is -0.468 e. The fourth-order valence-corrected chi connectivity index (χ4v) is 2.83. The molecule has 0 bridgehead atoms. The zero-order chi connectivity index (χ0) is 15.9. The second-order valence-electron chi connectivity index (χ2n) is 5.34. The van der Waals surface area contributed by atoms with Gasteiger partial charge >= 0.3 is 5.97 Å². The Morgan fingerprint density at radius 3 is 2.77 bits per heavy atom. The Labute approximate surface area is 126 Å². The topological polar surface area (TPSA) is 66.9 Å². The second kappa shape index (κ2) is 5.40. The summed E-state index contributed by atoms with van der Waals surface area (Å²) in [6.45, 7) is 0.335. The van der Waals surface area contributed by atoms with E-state index in [2.05, 4.69) is 4.74 Å². The fraction of sp³-hybridized carbons (Fsp3) is 0.400. The molecule has 2 aliphatic rings. The van der Waals surface area contributed by atoms with E-state index in [9.17, 15) is 18.8 Å². The number of rotatable bonds is 3. The van der Waals surface area contributed by atoms with Crippen molar-refractivity contribution in [2.24, 2.45) is 0 Å². The molecule has 1 aromatic rings. The van der Waals surface area contributed by atoms with Gasteiger partial charge < -0.3 is 14.5 Å². The van der Waals surface area contributed by atoms with Crippen molar-refractivity contribution in [2.45, 2.75) is 19.4 Å². The quantitative estimate of drug-likeness (QED) is 0.784. The number of anilines is 1. The molecule has 0 aromatic heterocycles. The van der Waals surface area contributed by atoms with Crippen LogP contribution in [0.5, 0.6) is 0 Å². The lowest BCUT2D eigenvalue weighted by atomic mass is 10.1. The van der Waals surface area contributed by atoms with Gasteiger partial charge in [0.15, 0.2) is 0 Å². The van der Waals surface area contributed by atoms with Gasteiger partial charge in [0, 0.05) is 29.8 Å². The normalized spacial score (nSPS) is 17.2. The maximum absolute atomic E-state index is 14.3. The van der Waals surface area contributed by atoms with Gasteiger partial charge in [0.05, 0.1) is 13.7 Å². The van der Waals surface area contributed by atoms with Crippen LogP contribution in [0.1, 0.15) is 28.8 Å². The Balaban J connectivity index is 1.91. The van der Waals surface area contributed by atoms with Gasteiger partial charge in [-0.3, -0.25) is 14.4 Å². The number of nitrogens with zero attached hydrogens (tertiary/aromatic N) is 2. The van der Waals surface area contributed by atoms with E-state index in [0.29, 0.717) is 18.7 Å². The first kappa shape index (κ1) is 14.5. The number of amides is 2. The van der Waals surface area contributed by atoms with Crippen molar-refractivity contribution in [1.82, 2.24) is 4.90 Å². The van der Waals surface area contributed by atoms with Crippen LogP contribution < -0.4 is 4.90 Å². The third-order valence-electron chi connectivity index (χ3n) is 3.98. The van der Waals surface area contributed by atoms with Crippen LogP contribution in [-0.4, -0.2) is 42.9 Å². The Hall–Kier alpha value is -2.44. The second-order valence-corrected chi connectivity index (χ2v) is 5.34. The molecule has 0 atom stereocenters. The molecule has 1 aromatic carbocycles. The highest BCUT2D eigenvalue weighted by Crippen LogP contribution is 2.31. The van der Waals surface area contributed by atoms with Crippen LogP contribution in [-0.2, 0) is 20.9 Å². The van der Waals surface area contributed by atoms with Crippen molar-refractivity contribution in [3.63, 3.8) is 0 Å². The number of ether oxygens (including phenoxy) is 1. The summed E-state index contributed by atoms with van der Waals surface area (Å²) in [5.41, 5.74) is 0.856.